The SMILES string of the molecule is O=C(CCSSCCC(=O)Oc1ccc(C2(c3ccc(O)cc3)c3ccccc3-c3ccccc32)cc1)Oc1ccc(C2(c3ccc(O)cc3)c3ccccc3-c3ccccc32)cc1. The molecule has 2 aliphatic rings. The molecule has 0 atom stereocenters. The fourth-order valence-corrected chi connectivity index (χ4v) is 11.7. The lowest BCUT2D eigenvalue weighted by atomic mass is 9.68. The van der Waals surface area contributed by atoms with Crippen molar-refractivity contribution in [3.8, 4) is 45.3 Å². The van der Waals surface area contributed by atoms with E-state index < -0.39 is 10.8 Å². The van der Waals surface area contributed by atoms with Crippen LogP contribution in [0.5, 0.6) is 23.0 Å². The van der Waals surface area contributed by atoms with E-state index in [1.807, 2.05) is 72.8 Å². The number of esters is 2. The molecule has 10 rings (SSSR count). The van der Waals surface area contributed by atoms with Crippen LogP contribution in [0.4, 0.5) is 0 Å². The quantitative estimate of drug-likeness (QED) is 0.0512. The van der Waals surface area contributed by atoms with Gasteiger partial charge in [-0.25, -0.2) is 0 Å². The Morgan fingerprint density at radius 1 is 0.375 bits per heavy atom. The minimum atomic E-state index is -0.622. The standard InChI is InChI=1S/C56H42O6S2/c57-41-25-17-37(18-26-41)55(49-13-5-1-9-45(49)46-10-2-6-14-50(46)55)39-21-29-43(30-22-39)61-53(59)33-35-63-64-36-34-54(60)62-44-31-23-40(24-32-44)56(38-19-27-42(58)28-20-38)51-15-7-3-11-47(51)48-12-4-8-16-52(48)56/h1-32,57-58H,33-36H2. The summed E-state index contributed by atoms with van der Waals surface area (Å²) in [5.41, 5.74) is 12.1. The van der Waals surface area contributed by atoms with Crippen LogP contribution in [0.2, 0.25) is 0 Å². The summed E-state index contributed by atoms with van der Waals surface area (Å²) in [4.78, 5) is 25.9. The van der Waals surface area contributed by atoms with Gasteiger partial charge in [0.2, 0.25) is 0 Å². The van der Waals surface area contributed by atoms with Crippen molar-refractivity contribution in [1.29, 1.82) is 0 Å². The van der Waals surface area contributed by atoms with Crippen LogP contribution in [-0.4, -0.2) is 33.7 Å². The second-order valence-electron chi connectivity index (χ2n) is 15.9. The van der Waals surface area contributed by atoms with Gasteiger partial charge in [-0.3, -0.25) is 9.59 Å². The second-order valence-corrected chi connectivity index (χ2v) is 18.6. The average molecular weight is 875 g/mol. The fraction of sp³-hybridized carbons (Fsp3) is 0.107. The minimum absolute atomic E-state index is 0.206. The van der Waals surface area contributed by atoms with Crippen molar-refractivity contribution in [2.24, 2.45) is 0 Å². The first kappa shape index (κ1) is 41.0. The summed E-state index contributed by atoms with van der Waals surface area (Å²) in [6.45, 7) is 0. The third-order valence-corrected chi connectivity index (χ3v) is 14.8. The maximum atomic E-state index is 12.9. The van der Waals surface area contributed by atoms with Crippen LogP contribution in [0.15, 0.2) is 194 Å². The van der Waals surface area contributed by atoms with Crippen LogP contribution in [0.3, 0.4) is 0 Å². The number of rotatable bonds is 13. The van der Waals surface area contributed by atoms with Crippen LogP contribution in [0.25, 0.3) is 22.3 Å². The van der Waals surface area contributed by atoms with Gasteiger partial charge in [-0.1, -0.05) is 167 Å². The number of carbonyl (C=O) groups is 2. The van der Waals surface area contributed by atoms with Crippen molar-refractivity contribution in [3.05, 3.63) is 239 Å². The highest BCUT2D eigenvalue weighted by molar-refractivity contribution is 8.76. The summed E-state index contributed by atoms with van der Waals surface area (Å²) in [5.74, 6) is 1.76. The van der Waals surface area contributed by atoms with E-state index in [2.05, 4.69) is 97.1 Å². The summed E-state index contributed by atoms with van der Waals surface area (Å²) >= 11 is 0. The fourth-order valence-electron chi connectivity index (χ4n) is 9.75. The Morgan fingerprint density at radius 3 is 0.938 bits per heavy atom. The van der Waals surface area contributed by atoms with Crippen molar-refractivity contribution >= 4 is 33.5 Å². The van der Waals surface area contributed by atoms with Crippen LogP contribution < -0.4 is 9.47 Å². The number of benzene rings is 8. The van der Waals surface area contributed by atoms with Gasteiger partial charge in [0.15, 0.2) is 0 Å². The Bertz CT molecular complexity index is 2700. The van der Waals surface area contributed by atoms with Crippen molar-refractivity contribution < 1.29 is 29.3 Å². The Hall–Kier alpha value is -7.00. The predicted octanol–water partition coefficient (Wildman–Crippen LogP) is 12.5. The maximum Gasteiger partial charge on any atom is 0.312 e. The molecule has 0 heterocycles. The zero-order valence-electron chi connectivity index (χ0n) is 34.6. The van der Waals surface area contributed by atoms with E-state index in [1.165, 1.54) is 43.8 Å². The molecule has 6 nitrogen and oxygen atoms in total. The molecule has 0 unspecified atom stereocenters. The first-order valence-corrected chi connectivity index (χ1v) is 23.7. The van der Waals surface area contributed by atoms with Gasteiger partial charge in [0.1, 0.15) is 23.0 Å². The normalized spacial score (nSPS) is 13.6. The Morgan fingerprint density at radius 2 is 0.641 bits per heavy atom. The molecule has 0 radical (unpaired) electrons. The number of fused-ring (bicyclic) bond motifs is 6. The number of ether oxygens (including phenoxy) is 2. The molecule has 8 aromatic rings. The molecular weight excluding hydrogens is 833 g/mol. The Kier molecular flexibility index (Phi) is 11.1. The molecule has 2 N–H and O–H groups in total. The van der Waals surface area contributed by atoms with Gasteiger partial charge < -0.3 is 19.7 Å². The predicted molar refractivity (Wildman–Crippen MR) is 256 cm³/mol. The average Bonchev–Trinajstić information content (AvgIpc) is 3.80. The first-order chi connectivity index (χ1) is 31.4. The molecule has 8 aromatic carbocycles. The largest absolute Gasteiger partial charge is 0.508 e. The monoisotopic (exact) mass is 874 g/mol. The van der Waals surface area contributed by atoms with Gasteiger partial charge in [0.25, 0.3) is 0 Å². The molecule has 314 valence electrons. The molecule has 0 spiro atoms. The Balaban J connectivity index is 0.742. The number of hydrogen-bond acceptors (Lipinski definition) is 8. The van der Waals surface area contributed by atoms with Crippen molar-refractivity contribution in [2.75, 3.05) is 11.5 Å². The third-order valence-electron chi connectivity index (χ3n) is 12.4. The molecule has 8 heteroatoms. The molecule has 0 aromatic heterocycles. The lowest BCUT2D eigenvalue weighted by Gasteiger charge is -2.34. The van der Waals surface area contributed by atoms with E-state index in [1.54, 1.807) is 24.3 Å². The van der Waals surface area contributed by atoms with E-state index >= 15 is 0 Å². The lowest BCUT2D eigenvalue weighted by molar-refractivity contribution is -0.134. The highest BCUT2D eigenvalue weighted by atomic mass is 33.1. The number of carbonyl (C=O) groups excluding carboxylic acids is 2. The first-order valence-electron chi connectivity index (χ1n) is 21.2. The van der Waals surface area contributed by atoms with Crippen molar-refractivity contribution in [3.63, 3.8) is 0 Å². The molecule has 0 amide bonds. The third kappa shape index (κ3) is 7.13. The highest BCUT2D eigenvalue weighted by Crippen LogP contribution is 2.57. The van der Waals surface area contributed by atoms with Gasteiger partial charge in [-0.2, -0.15) is 0 Å². The summed E-state index contributed by atoms with van der Waals surface area (Å²) in [6, 6.07) is 64.0. The Labute approximate surface area is 380 Å². The van der Waals surface area contributed by atoms with Crippen molar-refractivity contribution in [2.45, 2.75) is 23.7 Å². The second kappa shape index (κ2) is 17.3. The number of phenols is 2. The molecule has 0 fully saturated rings. The molecular formula is C56H42O6S2. The van der Waals surface area contributed by atoms with Gasteiger partial charge >= 0.3 is 11.9 Å². The van der Waals surface area contributed by atoms with E-state index in [0.717, 1.165) is 44.5 Å². The highest BCUT2D eigenvalue weighted by Gasteiger charge is 2.47. The molecule has 0 aliphatic heterocycles. The lowest BCUT2D eigenvalue weighted by Crippen LogP contribution is -2.28. The molecule has 0 saturated carbocycles. The number of phenolic OH excluding ortho intramolecular Hbond substituents is 2. The van der Waals surface area contributed by atoms with Gasteiger partial charge in [-0.15, -0.1) is 0 Å². The van der Waals surface area contributed by atoms with Crippen LogP contribution in [-0.2, 0) is 20.4 Å². The van der Waals surface area contributed by atoms with Crippen LogP contribution in [0, 0.1) is 0 Å². The summed E-state index contributed by atoms with van der Waals surface area (Å²) < 4.78 is 11.5. The molecule has 2 aliphatic carbocycles. The molecule has 0 bridgehead atoms. The molecule has 64 heavy (non-hydrogen) atoms. The number of hydrogen-bond donors (Lipinski definition) is 2. The van der Waals surface area contributed by atoms with Crippen LogP contribution in [0.1, 0.15) is 57.3 Å². The number of aromatic hydroxyl groups is 2. The van der Waals surface area contributed by atoms with Gasteiger partial charge in [-0.05, 0) is 115 Å². The van der Waals surface area contributed by atoms with E-state index in [4.69, 9.17) is 9.47 Å². The maximum absolute atomic E-state index is 12.9. The molecule has 0 saturated heterocycles. The topological polar surface area (TPSA) is 93.1 Å². The summed E-state index contributed by atoms with van der Waals surface area (Å²) in [7, 11) is 3.04. The smallest absolute Gasteiger partial charge is 0.312 e. The zero-order valence-corrected chi connectivity index (χ0v) is 36.3. The van der Waals surface area contributed by atoms with Gasteiger partial charge in [0, 0.05) is 11.5 Å². The van der Waals surface area contributed by atoms with E-state index in [0.29, 0.717) is 23.0 Å². The minimum Gasteiger partial charge on any atom is -0.508 e. The zero-order chi connectivity index (χ0) is 43.7. The van der Waals surface area contributed by atoms with E-state index in [-0.39, 0.29) is 36.3 Å². The van der Waals surface area contributed by atoms with Gasteiger partial charge in [0.05, 0.1) is 23.7 Å². The van der Waals surface area contributed by atoms with E-state index in [9.17, 15) is 19.8 Å². The summed E-state index contributed by atoms with van der Waals surface area (Å²) in [5, 5.41) is 20.4. The van der Waals surface area contributed by atoms with Crippen LogP contribution >= 0.6 is 21.6 Å². The van der Waals surface area contributed by atoms with Crippen molar-refractivity contribution in [1.82, 2.24) is 0 Å². The summed E-state index contributed by atoms with van der Waals surface area (Å²) in [6.07, 6.45) is 0.435.